The number of rotatable bonds is 3. The van der Waals surface area contributed by atoms with Gasteiger partial charge in [0.1, 0.15) is 0 Å². The highest BCUT2D eigenvalue weighted by Crippen LogP contribution is 2.26. The number of nitrogens with one attached hydrogen (secondary N) is 2. The van der Waals surface area contributed by atoms with E-state index in [2.05, 4.69) is 10.6 Å². The third-order valence-electron chi connectivity index (χ3n) is 3.17. The second-order valence-electron chi connectivity index (χ2n) is 4.39. The van der Waals surface area contributed by atoms with Crippen molar-refractivity contribution >= 4 is 23.2 Å². The Bertz CT molecular complexity index is 451. The van der Waals surface area contributed by atoms with Gasteiger partial charge in [-0.25, -0.2) is 0 Å². The summed E-state index contributed by atoms with van der Waals surface area (Å²) in [5.74, 6) is -0.120. The van der Waals surface area contributed by atoms with Crippen molar-refractivity contribution in [2.24, 2.45) is 0 Å². The molecule has 1 aromatic rings. The molecule has 0 saturated carbocycles. The zero-order valence-electron chi connectivity index (χ0n) is 10.5. The number of hydrogen-bond donors (Lipinski definition) is 2. The Morgan fingerprint density at radius 3 is 2.89 bits per heavy atom. The summed E-state index contributed by atoms with van der Waals surface area (Å²) < 4.78 is 5.49. The standard InChI is InChI=1S/C13H17ClN2O2/c1-8-11(5-6-18-8)16-12-7-9(13(17)15-2)3-4-10(12)14/h3-4,7-8,11,16H,5-6H2,1-2H3,(H,15,17). The summed E-state index contributed by atoms with van der Waals surface area (Å²) in [6.45, 7) is 2.78. The van der Waals surface area contributed by atoms with Crippen LogP contribution in [0.1, 0.15) is 23.7 Å². The zero-order chi connectivity index (χ0) is 13.1. The number of benzene rings is 1. The molecule has 18 heavy (non-hydrogen) atoms. The van der Waals surface area contributed by atoms with Crippen molar-refractivity contribution in [2.45, 2.75) is 25.5 Å². The van der Waals surface area contributed by atoms with Crippen molar-refractivity contribution in [3.05, 3.63) is 28.8 Å². The van der Waals surface area contributed by atoms with Gasteiger partial charge in [0.25, 0.3) is 5.91 Å². The summed E-state index contributed by atoms with van der Waals surface area (Å²) in [4.78, 5) is 11.6. The average Bonchev–Trinajstić information content (AvgIpc) is 2.77. The molecule has 1 amide bonds. The van der Waals surface area contributed by atoms with Crippen LogP contribution in [-0.2, 0) is 4.74 Å². The van der Waals surface area contributed by atoms with E-state index in [-0.39, 0.29) is 18.1 Å². The monoisotopic (exact) mass is 268 g/mol. The van der Waals surface area contributed by atoms with E-state index in [1.54, 1.807) is 25.2 Å². The van der Waals surface area contributed by atoms with Crippen LogP contribution in [0.4, 0.5) is 5.69 Å². The first-order valence-corrected chi connectivity index (χ1v) is 6.39. The molecule has 2 atom stereocenters. The predicted octanol–water partition coefficient (Wildman–Crippen LogP) is 2.29. The summed E-state index contributed by atoms with van der Waals surface area (Å²) in [5.41, 5.74) is 1.37. The number of anilines is 1. The van der Waals surface area contributed by atoms with Crippen molar-refractivity contribution in [2.75, 3.05) is 19.0 Å². The molecule has 0 bridgehead atoms. The number of carbonyl (C=O) groups excluding carboxylic acids is 1. The first-order valence-electron chi connectivity index (χ1n) is 6.01. The Morgan fingerprint density at radius 1 is 1.50 bits per heavy atom. The van der Waals surface area contributed by atoms with Crippen molar-refractivity contribution in [1.82, 2.24) is 5.32 Å². The summed E-state index contributed by atoms with van der Waals surface area (Å²) in [5, 5.41) is 6.55. The normalized spacial score (nSPS) is 22.8. The lowest BCUT2D eigenvalue weighted by Crippen LogP contribution is -2.27. The van der Waals surface area contributed by atoms with Crippen LogP contribution >= 0.6 is 11.6 Å². The maximum atomic E-state index is 11.6. The van der Waals surface area contributed by atoms with Gasteiger partial charge in [0.15, 0.2) is 0 Å². The van der Waals surface area contributed by atoms with Gasteiger partial charge in [-0.2, -0.15) is 0 Å². The Hall–Kier alpha value is -1.26. The van der Waals surface area contributed by atoms with Crippen LogP contribution in [0.25, 0.3) is 0 Å². The zero-order valence-corrected chi connectivity index (χ0v) is 11.3. The minimum absolute atomic E-state index is 0.120. The van der Waals surface area contributed by atoms with Crippen LogP contribution in [-0.4, -0.2) is 31.7 Å². The molecular formula is C13H17ClN2O2. The van der Waals surface area contributed by atoms with E-state index in [1.807, 2.05) is 6.92 Å². The smallest absolute Gasteiger partial charge is 0.251 e. The molecule has 2 N–H and O–H groups in total. The fraction of sp³-hybridized carbons (Fsp3) is 0.462. The number of halogens is 1. The Balaban J connectivity index is 2.18. The van der Waals surface area contributed by atoms with E-state index in [0.717, 1.165) is 18.7 Å². The number of hydrogen-bond acceptors (Lipinski definition) is 3. The molecule has 98 valence electrons. The molecule has 1 fully saturated rings. The van der Waals surface area contributed by atoms with Crippen molar-refractivity contribution in [3.63, 3.8) is 0 Å². The van der Waals surface area contributed by atoms with Gasteiger partial charge >= 0.3 is 0 Å². The van der Waals surface area contributed by atoms with Crippen molar-refractivity contribution < 1.29 is 9.53 Å². The Kier molecular flexibility index (Phi) is 4.09. The minimum Gasteiger partial charge on any atom is -0.378 e. The third kappa shape index (κ3) is 2.76. The second-order valence-corrected chi connectivity index (χ2v) is 4.80. The van der Waals surface area contributed by atoms with Crippen LogP contribution in [0.2, 0.25) is 5.02 Å². The van der Waals surface area contributed by atoms with E-state index in [4.69, 9.17) is 16.3 Å². The lowest BCUT2D eigenvalue weighted by atomic mass is 10.1. The highest BCUT2D eigenvalue weighted by molar-refractivity contribution is 6.33. The highest BCUT2D eigenvalue weighted by atomic mass is 35.5. The van der Waals surface area contributed by atoms with Gasteiger partial charge in [-0.05, 0) is 31.5 Å². The van der Waals surface area contributed by atoms with E-state index in [1.165, 1.54) is 0 Å². The number of amides is 1. The molecule has 0 radical (unpaired) electrons. The first-order chi connectivity index (χ1) is 8.61. The molecule has 0 aromatic heterocycles. The van der Waals surface area contributed by atoms with Gasteiger partial charge in [0.05, 0.1) is 22.9 Å². The lowest BCUT2D eigenvalue weighted by molar-refractivity contribution is 0.0963. The molecule has 2 unspecified atom stereocenters. The molecule has 5 heteroatoms. The molecule has 1 aromatic carbocycles. The van der Waals surface area contributed by atoms with Crippen LogP contribution in [0.15, 0.2) is 18.2 Å². The maximum absolute atomic E-state index is 11.6. The predicted molar refractivity (Wildman–Crippen MR) is 72.3 cm³/mol. The highest BCUT2D eigenvalue weighted by Gasteiger charge is 2.24. The minimum atomic E-state index is -0.120. The van der Waals surface area contributed by atoms with Crippen LogP contribution < -0.4 is 10.6 Å². The Morgan fingerprint density at radius 2 is 2.28 bits per heavy atom. The second kappa shape index (κ2) is 5.59. The molecule has 4 nitrogen and oxygen atoms in total. The topological polar surface area (TPSA) is 50.4 Å². The fourth-order valence-corrected chi connectivity index (χ4v) is 2.21. The summed E-state index contributed by atoms with van der Waals surface area (Å²) in [6.07, 6.45) is 1.10. The summed E-state index contributed by atoms with van der Waals surface area (Å²) in [7, 11) is 1.61. The van der Waals surface area contributed by atoms with Gasteiger partial charge in [-0.1, -0.05) is 11.6 Å². The van der Waals surface area contributed by atoms with Gasteiger partial charge in [-0.15, -0.1) is 0 Å². The average molecular weight is 269 g/mol. The van der Waals surface area contributed by atoms with E-state index in [9.17, 15) is 4.79 Å². The van der Waals surface area contributed by atoms with Crippen LogP contribution in [0.3, 0.4) is 0 Å². The van der Waals surface area contributed by atoms with E-state index >= 15 is 0 Å². The van der Waals surface area contributed by atoms with E-state index in [0.29, 0.717) is 10.6 Å². The molecule has 1 aliphatic rings. The lowest BCUT2D eigenvalue weighted by Gasteiger charge is -2.18. The Labute approximate surface area is 112 Å². The van der Waals surface area contributed by atoms with Crippen molar-refractivity contribution in [3.8, 4) is 0 Å². The van der Waals surface area contributed by atoms with Gasteiger partial charge in [0.2, 0.25) is 0 Å². The van der Waals surface area contributed by atoms with E-state index < -0.39 is 0 Å². The van der Waals surface area contributed by atoms with Crippen molar-refractivity contribution in [1.29, 1.82) is 0 Å². The number of ether oxygens (including phenoxy) is 1. The summed E-state index contributed by atoms with van der Waals surface area (Å²) in [6, 6.07) is 5.45. The SMILES string of the molecule is CNC(=O)c1ccc(Cl)c(NC2CCOC2C)c1. The molecule has 0 aliphatic carbocycles. The molecule has 1 aliphatic heterocycles. The van der Waals surface area contributed by atoms with Gasteiger partial charge in [0, 0.05) is 19.2 Å². The van der Waals surface area contributed by atoms with Gasteiger partial charge in [-0.3, -0.25) is 4.79 Å². The quantitative estimate of drug-likeness (QED) is 0.884. The summed E-state index contributed by atoms with van der Waals surface area (Å²) >= 11 is 6.14. The maximum Gasteiger partial charge on any atom is 0.251 e. The molecular weight excluding hydrogens is 252 g/mol. The molecule has 0 spiro atoms. The molecule has 2 rings (SSSR count). The molecule has 1 saturated heterocycles. The fourth-order valence-electron chi connectivity index (χ4n) is 2.04. The van der Waals surface area contributed by atoms with Crippen LogP contribution in [0, 0.1) is 0 Å². The van der Waals surface area contributed by atoms with Crippen LogP contribution in [0.5, 0.6) is 0 Å². The van der Waals surface area contributed by atoms with Gasteiger partial charge < -0.3 is 15.4 Å². The first kappa shape index (κ1) is 13.2. The third-order valence-corrected chi connectivity index (χ3v) is 3.50. The number of carbonyl (C=O) groups is 1. The largest absolute Gasteiger partial charge is 0.378 e. The molecule has 1 heterocycles.